The van der Waals surface area contributed by atoms with Crippen molar-refractivity contribution in [2.75, 3.05) is 14.2 Å². The maximum absolute atomic E-state index is 11.3. The van der Waals surface area contributed by atoms with Crippen LogP contribution in [0.2, 0.25) is 0 Å². The van der Waals surface area contributed by atoms with Gasteiger partial charge in [0.25, 0.3) is 0 Å². The largest absolute Gasteiger partial charge is 0.493 e. The van der Waals surface area contributed by atoms with Crippen LogP contribution in [0.25, 0.3) is 0 Å². The van der Waals surface area contributed by atoms with Gasteiger partial charge in [0.05, 0.1) is 20.1 Å². The lowest BCUT2D eigenvalue weighted by molar-refractivity contribution is -0.148. The standard InChI is InChI=1S/C13H18O4/c1-9(2)13(14)17-8-10-5-6-11(15-3)12(7-10)16-4/h5-7,9H,8H2,1-4H3. The Morgan fingerprint density at radius 2 is 1.82 bits per heavy atom. The molecular weight excluding hydrogens is 220 g/mol. The van der Waals surface area contributed by atoms with Crippen molar-refractivity contribution in [3.8, 4) is 11.5 Å². The molecule has 0 heterocycles. The lowest BCUT2D eigenvalue weighted by Gasteiger charge is -2.10. The zero-order chi connectivity index (χ0) is 12.8. The SMILES string of the molecule is COc1ccc(COC(=O)C(C)C)cc1OC. The van der Waals surface area contributed by atoms with E-state index in [4.69, 9.17) is 14.2 Å². The van der Waals surface area contributed by atoms with Gasteiger partial charge in [0.2, 0.25) is 0 Å². The van der Waals surface area contributed by atoms with Crippen molar-refractivity contribution in [3.63, 3.8) is 0 Å². The Kier molecular flexibility index (Phi) is 4.82. The Balaban J connectivity index is 2.69. The number of esters is 1. The molecule has 4 nitrogen and oxygen atoms in total. The Bertz CT molecular complexity index is 385. The highest BCUT2D eigenvalue weighted by Crippen LogP contribution is 2.27. The second-order valence-corrected chi connectivity index (χ2v) is 3.95. The molecule has 0 radical (unpaired) electrons. The van der Waals surface area contributed by atoms with Gasteiger partial charge in [0.1, 0.15) is 6.61 Å². The van der Waals surface area contributed by atoms with Crippen molar-refractivity contribution >= 4 is 5.97 Å². The van der Waals surface area contributed by atoms with Crippen molar-refractivity contribution in [3.05, 3.63) is 23.8 Å². The Morgan fingerprint density at radius 1 is 1.18 bits per heavy atom. The molecule has 0 bridgehead atoms. The first-order valence-corrected chi connectivity index (χ1v) is 5.46. The molecule has 1 aromatic rings. The van der Waals surface area contributed by atoms with Crippen molar-refractivity contribution < 1.29 is 19.0 Å². The summed E-state index contributed by atoms with van der Waals surface area (Å²) >= 11 is 0. The van der Waals surface area contributed by atoms with Crippen LogP contribution in [-0.2, 0) is 16.1 Å². The third-order valence-electron chi connectivity index (χ3n) is 2.30. The summed E-state index contributed by atoms with van der Waals surface area (Å²) in [7, 11) is 3.15. The van der Waals surface area contributed by atoms with E-state index in [0.29, 0.717) is 11.5 Å². The molecule has 0 saturated heterocycles. The van der Waals surface area contributed by atoms with E-state index in [0.717, 1.165) is 5.56 Å². The van der Waals surface area contributed by atoms with Crippen LogP contribution in [0.4, 0.5) is 0 Å². The van der Waals surface area contributed by atoms with Gasteiger partial charge in [0, 0.05) is 0 Å². The quantitative estimate of drug-likeness (QED) is 0.739. The second kappa shape index (κ2) is 6.13. The van der Waals surface area contributed by atoms with E-state index < -0.39 is 0 Å². The lowest BCUT2D eigenvalue weighted by Crippen LogP contribution is -2.11. The van der Waals surface area contributed by atoms with E-state index in [1.165, 1.54) is 0 Å². The molecule has 0 aromatic heterocycles. The molecule has 0 spiro atoms. The van der Waals surface area contributed by atoms with E-state index in [1.54, 1.807) is 40.2 Å². The number of rotatable bonds is 5. The van der Waals surface area contributed by atoms with Gasteiger partial charge in [0.15, 0.2) is 11.5 Å². The minimum atomic E-state index is -0.209. The summed E-state index contributed by atoms with van der Waals surface area (Å²) in [6, 6.07) is 5.43. The van der Waals surface area contributed by atoms with E-state index >= 15 is 0 Å². The molecule has 0 unspecified atom stereocenters. The fraction of sp³-hybridized carbons (Fsp3) is 0.462. The van der Waals surface area contributed by atoms with Gasteiger partial charge in [-0.1, -0.05) is 19.9 Å². The average Bonchev–Trinajstić information content (AvgIpc) is 2.35. The zero-order valence-electron chi connectivity index (χ0n) is 10.6. The predicted octanol–water partition coefficient (Wildman–Crippen LogP) is 2.40. The molecule has 1 aromatic carbocycles. The highest BCUT2D eigenvalue weighted by molar-refractivity contribution is 5.71. The maximum atomic E-state index is 11.3. The van der Waals surface area contributed by atoms with Gasteiger partial charge in [-0.15, -0.1) is 0 Å². The smallest absolute Gasteiger partial charge is 0.308 e. The third kappa shape index (κ3) is 3.66. The fourth-order valence-corrected chi connectivity index (χ4v) is 1.29. The van der Waals surface area contributed by atoms with E-state index in [9.17, 15) is 4.79 Å². The molecule has 0 aliphatic heterocycles. The van der Waals surface area contributed by atoms with Crippen LogP contribution in [0.3, 0.4) is 0 Å². The van der Waals surface area contributed by atoms with E-state index in [2.05, 4.69) is 0 Å². The van der Waals surface area contributed by atoms with Crippen molar-refractivity contribution in [1.82, 2.24) is 0 Å². The molecule has 0 aliphatic carbocycles. The number of methoxy groups -OCH3 is 2. The summed E-state index contributed by atoms with van der Waals surface area (Å²) in [5.41, 5.74) is 0.872. The molecule has 17 heavy (non-hydrogen) atoms. The number of ether oxygens (including phenoxy) is 3. The second-order valence-electron chi connectivity index (χ2n) is 3.95. The van der Waals surface area contributed by atoms with Crippen LogP contribution in [0.1, 0.15) is 19.4 Å². The summed E-state index contributed by atoms with van der Waals surface area (Å²) in [6.07, 6.45) is 0. The normalized spacial score (nSPS) is 10.2. The number of hydrogen-bond donors (Lipinski definition) is 0. The molecule has 0 atom stereocenters. The average molecular weight is 238 g/mol. The summed E-state index contributed by atoms with van der Waals surface area (Å²) in [6.45, 7) is 3.85. The van der Waals surface area contributed by atoms with Crippen LogP contribution in [0.5, 0.6) is 11.5 Å². The number of benzene rings is 1. The first kappa shape index (κ1) is 13.4. The van der Waals surface area contributed by atoms with Crippen LogP contribution < -0.4 is 9.47 Å². The van der Waals surface area contributed by atoms with Crippen LogP contribution in [0.15, 0.2) is 18.2 Å². The van der Waals surface area contributed by atoms with E-state index in [1.807, 2.05) is 6.07 Å². The summed E-state index contributed by atoms with van der Waals surface area (Å²) in [5.74, 6) is 0.965. The van der Waals surface area contributed by atoms with Gasteiger partial charge in [-0.2, -0.15) is 0 Å². The first-order valence-electron chi connectivity index (χ1n) is 5.46. The molecule has 0 amide bonds. The molecular formula is C13H18O4. The highest BCUT2D eigenvalue weighted by atomic mass is 16.5. The van der Waals surface area contributed by atoms with Crippen molar-refractivity contribution in [1.29, 1.82) is 0 Å². The maximum Gasteiger partial charge on any atom is 0.308 e. The Labute approximate surface area is 101 Å². The molecule has 4 heteroatoms. The fourth-order valence-electron chi connectivity index (χ4n) is 1.29. The van der Waals surface area contributed by atoms with Gasteiger partial charge >= 0.3 is 5.97 Å². The van der Waals surface area contributed by atoms with Crippen LogP contribution in [-0.4, -0.2) is 20.2 Å². The Hall–Kier alpha value is -1.71. The van der Waals surface area contributed by atoms with Gasteiger partial charge in [-0.3, -0.25) is 4.79 Å². The third-order valence-corrected chi connectivity index (χ3v) is 2.30. The Morgan fingerprint density at radius 3 is 2.35 bits per heavy atom. The molecule has 1 rings (SSSR count). The number of carbonyl (C=O) groups is 1. The van der Waals surface area contributed by atoms with Crippen molar-refractivity contribution in [2.24, 2.45) is 5.92 Å². The molecule has 0 N–H and O–H groups in total. The molecule has 0 fully saturated rings. The van der Waals surface area contributed by atoms with Gasteiger partial charge < -0.3 is 14.2 Å². The predicted molar refractivity (Wildman–Crippen MR) is 64.2 cm³/mol. The number of hydrogen-bond acceptors (Lipinski definition) is 4. The number of carbonyl (C=O) groups excluding carboxylic acids is 1. The van der Waals surface area contributed by atoms with Crippen LogP contribution in [0, 0.1) is 5.92 Å². The summed E-state index contributed by atoms with van der Waals surface area (Å²) < 4.78 is 15.4. The lowest BCUT2D eigenvalue weighted by atomic mass is 10.2. The first-order chi connectivity index (χ1) is 8.08. The summed E-state index contributed by atoms with van der Waals surface area (Å²) in [5, 5.41) is 0. The molecule has 94 valence electrons. The minimum Gasteiger partial charge on any atom is -0.493 e. The van der Waals surface area contributed by atoms with Gasteiger partial charge in [-0.05, 0) is 17.7 Å². The van der Waals surface area contributed by atoms with E-state index in [-0.39, 0.29) is 18.5 Å². The minimum absolute atomic E-state index is 0.116. The summed E-state index contributed by atoms with van der Waals surface area (Å²) in [4.78, 5) is 11.3. The highest BCUT2D eigenvalue weighted by Gasteiger charge is 2.09. The van der Waals surface area contributed by atoms with Gasteiger partial charge in [-0.25, -0.2) is 0 Å². The monoisotopic (exact) mass is 238 g/mol. The van der Waals surface area contributed by atoms with Crippen LogP contribution >= 0.6 is 0 Å². The molecule has 0 saturated carbocycles. The van der Waals surface area contributed by atoms with Crippen molar-refractivity contribution in [2.45, 2.75) is 20.5 Å². The molecule has 0 aliphatic rings. The topological polar surface area (TPSA) is 44.8 Å². The zero-order valence-corrected chi connectivity index (χ0v) is 10.6.